The summed E-state index contributed by atoms with van der Waals surface area (Å²) in [5.41, 5.74) is 5.22. The molecule has 0 heterocycles. The summed E-state index contributed by atoms with van der Waals surface area (Å²) in [5, 5.41) is 12.3. The SMILES string of the molecule is CCC(CC)(Nc1ccc(C(N)=O)cc1)C(=O)O. The predicted octanol–water partition coefficient (Wildman–Crippen LogP) is 1.84. The molecule has 4 N–H and O–H groups in total. The van der Waals surface area contributed by atoms with Gasteiger partial charge in [-0.2, -0.15) is 0 Å². The van der Waals surface area contributed by atoms with Crippen LogP contribution in [-0.4, -0.2) is 22.5 Å². The molecule has 5 nitrogen and oxygen atoms in total. The van der Waals surface area contributed by atoms with Crippen LogP contribution in [-0.2, 0) is 4.79 Å². The average Bonchev–Trinajstić information content (AvgIpc) is 2.36. The lowest BCUT2D eigenvalue weighted by Crippen LogP contribution is -2.45. The molecule has 0 saturated heterocycles. The fraction of sp³-hybridized carbons (Fsp3) is 0.385. The van der Waals surface area contributed by atoms with Gasteiger partial charge in [-0.25, -0.2) is 4.79 Å². The van der Waals surface area contributed by atoms with E-state index in [0.717, 1.165) is 0 Å². The van der Waals surface area contributed by atoms with Crippen LogP contribution in [0.1, 0.15) is 37.0 Å². The van der Waals surface area contributed by atoms with Gasteiger partial charge in [-0.05, 0) is 37.1 Å². The molecule has 0 bridgehead atoms. The summed E-state index contributed by atoms with van der Waals surface area (Å²) >= 11 is 0. The summed E-state index contributed by atoms with van der Waals surface area (Å²) in [6.07, 6.45) is 0.937. The van der Waals surface area contributed by atoms with E-state index < -0.39 is 17.4 Å². The van der Waals surface area contributed by atoms with E-state index in [-0.39, 0.29) is 0 Å². The zero-order valence-corrected chi connectivity index (χ0v) is 10.6. The zero-order chi connectivity index (χ0) is 13.8. The highest BCUT2D eigenvalue weighted by molar-refractivity contribution is 5.93. The van der Waals surface area contributed by atoms with Crippen LogP contribution in [0.15, 0.2) is 24.3 Å². The third-order valence-electron chi connectivity index (χ3n) is 3.17. The van der Waals surface area contributed by atoms with E-state index in [1.807, 2.05) is 13.8 Å². The highest BCUT2D eigenvalue weighted by Crippen LogP contribution is 2.23. The highest BCUT2D eigenvalue weighted by atomic mass is 16.4. The van der Waals surface area contributed by atoms with E-state index in [0.29, 0.717) is 24.1 Å². The predicted molar refractivity (Wildman–Crippen MR) is 69.5 cm³/mol. The van der Waals surface area contributed by atoms with Crippen LogP contribution in [0.25, 0.3) is 0 Å². The second-order valence-corrected chi connectivity index (χ2v) is 4.16. The average molecular weight is 250 g/mol. The van der Waals surface area contributed by atoms with Gasteiger partial charge in [0.15, 0.2) is 0 Å². The number of rotatable bonds is 6. The molecule has 18 heavy (non-hydrogen) atoms. The third kappa shape index (κ3) is 2.80. The monoisotopic (exact) mass is 250 g/mol. The maximum atomic E-state index is 11.3. The molecule has 0 spiro atoms. The van der Waals surface area contributed by atoms with E-state index in [9.17, 15) is 14.7 Å². The van der Waals surface area contributed by atoms with Crippen molar-refractivity contribution in [1.82, 2.24) is 0 Å². The smallest absolute Gasteiger partial charge is 0.329 e. The summed E-state index contributed by atoms with van der Waals surface area (Å²) in [7, 11) is 0. The molecular formula is C13H18N2O3. The number of primary amides is 1. The molecule has 1 aromatic carbocycles. The number of carboxylic acid groups (broad SMARTS) is 1. The number of nitrogens with one attached hydrogen (secondary N) is 1. The van der Waals surface area contributed by atoms with Gasteiger partial charge in [-0.3, -0.25) is 4.79 Å². The quantitative estimate of drug-likeness (QED) is 0.718. The van der Waals surface area contributed by atoms with Crippen molar-refractivity contribution in [1.29, 1.82) is 0 Å². The van der Waals surface area contributed by atoms with Crippen LogP contribution in [0.5, 0.6) is 0 Å². The second kappa shape index (κ2) is 5.53. The summed E-state index contributed by atoms with van der Waals surface area (Å²) in [4.78, 5) is 22.3. The lowest BCUT2D eigenvalue weighted by molar-refractivity contribution is -0.142. The number of hydrogen-bond acceptors (Lipinski definition) is 3. The Bertz CT molecular complexity index is 436. The minimum absolute atomic E-state index is 0.398. The Kier molecular flexibility index (Phi) is 4.31. The van der Waals surface area contributed by atoms with E-state index in [1.54, 1.807) is 24.3 Å². The van der Waals surface area contributed by atoms with Crippen LogP contribution in [0, 0.1) is 0 Å². The fourth-order valence-electron chi connectivity index (χ4n) is 1.78. The van der Waals surface area contributed by atoms with Crippen molar-refractivity contribution in [2.75, 3.05) is 5.32 Å². The Morgan fingerprint density at radius 1 is 1.22 bits per heavy atom. The molecule has 0 aromatic heterocycles. The normalized spacial score (nSPS) is 11.0. The highest BCUT2D eigenvalue weighted by Gasteiger charge is 2.34. The first-order chi connectivity index (χ1) is 8.45. The Morgan fingerprint density at radius 2 is 1.72 bits per heavy atom. The summed E-state index contributed by atoms with van der Waals surface area (Å²) in [5.74, 6) is -1.39. The molecule has 0 aliphatic heterocycles. The van der Waals surface area contributed by atoms with Gasteiger partial charge in [0.2, 0.25) is 5.91 Å². The Labute approximate surface area is 106 Å². The van der Waals surface area contributed by atoms with Gasteiger partial charge in [0.05, 0.1) is 0 Å². The van der Waals surface area contributed by atoms with Crippen molar-refractivity contribution in [2.24, 2.45) is 5.73 Å². The topological polar surface area (TPSA) is 92.4 Å². The first-order valence-corrected chi connectivity index (χ1v) is 5.86. The van der Waals surface area contributed by atoms with E-state index in [2.05, 4.69) is 5.32 Å². The summed E-state index contributed by atoms with van der Waals surface area (Å²) in [6.45, 7) is 3.64. The molecule has 0 radical (unpaired) electrons. The van der Waals surface area contributed by atoms with Gasteiger partial charge >= 0.3 is 5.97 Å². The first-order valence-electron chi connectivity index (χ1n) is 5.86. The van der Waals surface area contributed by atoms with E-state index in [1.165, 1.54) is 0 Å². The van der Waals surface area contributed by atoms with Crippen molar-refractivity contribution in [3.63, 3.8) is 0 Å². The van der Waals surface area contributed by atoms with Gasteiger partial charge in [-0.1, -0.05) is 13.8 Å². The van der Waals surface area contributed by atoms with Gasteiger partial charge in [-0.15, -0.1) is 0 Å². The minimum atomic E-state index is -0.978. The molecule has 0 atom stereocenters. The Morgan fingerprint density at radius 3 is 2.06 bits per heavy atom. The van der Waals surface area contributed by atoms with Crippen LogP contribution >= 0.6 is 0 Å². The third-order valence-corrected chi connectivity index (χ3v) is 3.17. The lowest BCUT2D eigenvalue weighted by atomic mass is 9.92. The second-order valence-electron chi connectivity index (χ2n) is 4.16. The van der Waals surface area contributed by atoms with Crippen molar-refractivity contribution in [3.05, 3.63) is 29.8 Å². The zero-order valence-electron chi connectivity index (χ0n) is 10.6. The molecule has 5 heteroatoms. The van der Waals surface area contributed by atoms with Crippen molar-refractivity contribution in [3.8, 4) is 0 Å². The van der Waals surface area contributed by atoms with Gasteiger partial charge in [0.25, 0.3) is 0 Å². The van der Waals surface area contributed by atoms with Crippen LogP contribution < -0.4 is 11.1 Å². The number of amides is 1. The largest absolute Gasteiger partial charge is 0.480 e. The number of carbonyl (C=O) groups excluding carboxylic acids is 1. The number of nitrogens with two attached hydrogens (primary N) is 1. The molecule has 98 valence electrons. The van der Waals surface area contributed by atoms with Crippen LogP contribution in [0.4, 0.5) is 5.69 Å². The maximum absolute atomic E-state index is 11.3. The summed E-state index contributed by atoms with van der Waals surface area (Å²) in [6, 6.07) is 6.46. The molecule has 0 aliphatic carbocycles. The van der Waals surface area contributed by atoms with Crippen molar-refractivity contribution >= 4 is 17.6 Å². The van der Waals surface area contributed by atoms with Crippen LogP contribution in [0.3, 0.4) is 0 Å². The van der Waals surface area contributed by atoms with E-state index >= 15 is 0 Å². The van der Waals surface area contributed by atoms with Crippen molar-refractivity contribution in [2.45, 2.75) is 32.2 Å². The lowest BCUT2D eigenvalue weighted by Gasteiger charge is -2.29. The molecule has 0 saturated carbocycles. The fourth-order valence-corrected chi connectivity index (χ4v) is 1.78. The first kappa shape index (κ1) is 14.0. The number of hydrogen-bond donors (Lipinski definition) is 3. The minimum Gasteiger partial charge on any atom is -0.480 e. The molecule has 0 fully saturated rings. The van der Waals surface area contributed by atoms with Crippen molar-refractivity contribution < 1.29 is 14.7 Å². The van der Waals surface area contributed by atoms with Gasteiger partial charge in [0, 0.05) is 11.3 Å². The molecule has 1 aromatic rings. The summed E-state index contributed by atoms with van der Waals surface area (Å²) < 4.78 is 0. The Hall–Kier alpha value is -2.04. The molecule has 1 rings (SSSR count). The molecule has 0 unspecified atom stereocenters. The number of carbonyl (C=O) groups is 2. The van der Waals surface area contributed by atoms with Gasteiger partial charge < -0.3 is 16.2 Å². The van der Waals surface area contributed by atoms with Crippen LogP contribution in [0.2, 0.25) is 0 Å². The number of benzene rings is 1. The number of anilines is 1. The Balaban J connectivity index is 2.95. The number of carboxylic acids is 1. The standard InChI is InChI=1S/C13H18N2O3/c1-3-13(4-2,12(17)18)15-10-7-5-9(6-8-10)11(14)16/h5-8,15H,3-4H2,1-2H3,(H2,14,16)(H,17,18). The maximum Gasteiger partial charge on any atom is 0.329 e. The molecule has 1 amide bonds. The van der Waals surface area contributed by atoms with E-state index in [4.69, 9.17) is 5.73 Å². The molecular weight excluding hydrogens is 232 g/mol. The molecule has 0 aliphatic rings. The van der Waals surface area contributed by atoms with Gasteiger partial charge in [0.1, 0.15) is 5.54 Å². The number of aliphatic carboxylic acids is 1.